The van der Waals surface area contributed by atoms with Gasteiger partial charge in [-0.3, -0.25) is 4.79 Å². The molecule has 2 N–H and O–H groups in total. The number of rotatable bonds is 4. The Kier molecular flexibility index (Phi) is 5.04. The molecule has 1 saturated carbocycles. The third-order valence-electron chi connectivity index (χ3n) is 5.03. The quantitative estimate of drug-likeness (QED) is 0.806. The Hall–Kier alpha value is -0.570. The summed E-state index contributed by atoms with van der Waals surface area (Å²) in [4.78, 5) is 12.1. The van der Waals surface area contributed by atoms with Crippen LogP contribution in [0.5, 0.6) is 0 Å². The van der Waals surface area contributed by atoms with E-state index in [0.29, 0.717) is 17.9 Å². The van der Waals surface area contributed by atoms with Crippen LogP contribution in [0.15, 0.2) is 0 Å². The van der Waals surface area contributed by atoms with Gasteiger partial charge in [0.25, 0.3) is 0 Å². The fourth-order valence-corrected chi connectivity index (χ4v) is 3.64. The first kappa shape index (κ1) is 13.9. The van der Waals surface area contributed by atoms with Crippen molar-refractivity contribution >= 4 is 5.91 Å². The standard InChI is InChI=1S/C15H28N2O/c1-3-13-4-5-14(11(13)2)17-15(18)10-12-6-8-16-9-7-12/h11-14,16H,3-10H2,1-2H3,(H,17,18). The lowest BCUT2D eigenvalue weighted by molar-refractivity contribution is -0.123. The Balaban J connectivity index is 1.74. The zero-order chi connectivity index (χ0) is 13.0. The second-order valence-corrected chi connectivity index (χ2v) is 6.18. The number of nitrogens with one attached hydrogen (secondary N) is 2. The van der Waals surface area contributed by atoms with Gasteiger partial charge in [-0.1, -0.05) is 20.3 Å². The molecule has 0 spiro atoms. The van der Waals surface area contributed by atoms with Gasteiger partial charge in [-0.25, -0.2) is 0 Å². The first-order chi connectivity index (χ1) is 8.70. The Labute approximate surface area is 111 Å². The number of hydrogen-bond acceptors (Lipinski definition) is 2. The summed E-state index contributed by atoms with van der Waals surface area (Å²) in [7, 11) is 0. The Morgan fingerprint density at radius 1 is 1.22 bits per heavy atom. The normalized spacial score (nSPS) is 33.6. The van der Waals surface area contributed by atoms with Gasteiger partial charge in [0.15, 0.2) is 0 Å². The van der Waals surface area contributed by atoms with Gasteiger partial charge < -0.3 is 10.6 Å². The van der Waals surface area contributed by atoms with Crippen LogP contribution in [-0.4, -0.2) is 25.0 Å². The summed E-state index contributed by atoms with van der Waals surface area (Å²) >= 11 is 0. The minimum absolute atomic E-state index is 0.288. The van der Waals surface area contributed by atoms with Crippen molar-refractivity contribution in [3.63, 3.8) is 0 Å². The van der Waals surface area contributed by atoms with Gasteiger partial charge in [0.05, 0.1) is 0 Å². The number of piperidine rings is 1. The van der Waals surface area contributed by atoms with Crippen molar-refractivity contribution in [3.8, 4) is 0 Å². The average Bonchev–Trinajstić information content (AvgIpc) is 2.71. The van der Waals surface area contributed by atoms with E-state index in [0.717, 1.165) is 38.3 Å². The highest BCUT2D eigenvalue weighted by Crippen LogP contribution is 2.34. The molecule has 0 bridgehead atoms. The van der Waals surface area contributed by atoms with Gasteiger partial charge in [0, 0.05) is 12.5 Å². The van der Waals surface area contributed by atoms with E-state index in [9.17, 15) is 4.79 Å². The minimum Gasteiger partial charge on any atom is -0.353 e. The van der Waals surface area contributed by atoms with Crippen molar-refractivity contribution < 1.29 is 4.79 Å². The summed E-state index contributed by atoms with van der Waals surface area (Å²) in [5.41, 5.74) is 0. The van der Waals surface area contributed by atoms with Gasteiger partial charge in [0.1, 0.15) is 0 Å². The predicted molar refractivity (Wildman–Crippen MR) is 74.3 cm³/mol. The van der Waals surface area contributed by atoms with E-state index in [1.807, 2.05) is 0 Å². The second kappa shape index (κ2) is 6.55. The lowest BCUT2D eigenvalue weighted by Crippen LogP contribution is -2.39. The lowest BCUT2D eigenvalue weighted by Gasteiger charge is -2.25. The van der Waals surface area contributed by atoms with E-state index in [1.54, 1.807) is 0 Å². The molecule has 3 unspecified atom stereocenters. The number of hydrogen-bond donors (Lipinski definition) is 2. The molecule has 2 fully saturated rings. The topological polar surface area (TPSA) is 41.1 Å². The van der Waals surface area contributed by atoms with E-state index in [2.05, 4.69) is 24.5 Å². The monoisotopic (exact) mass is 252 g/mol. The third-order valence-corrected chi connectivity index (χ3v) is 5.03. The molecule has 1 amide bonds. The highest BCUT2D eigenvalue weighted by Gasteiger charge is 2.32. The molecule has 2 aliphatic rings. The number of carbonyl (C=O) groups excluding carboxylic acids is 1. The van der Waals surface area contributed by atoms with Crippen molar-refractivity contribution in [1.29, 1.82) is 0 Å². The Morgan fingerprint density at radius 2 is 1.94 bits per heavy atom. The molecule has 2 rings (SSSR count). The SMILES string of the molecule is CCC1CCC(NC(=O)CC2CCNCC2)C1C. The van der Waals surface area contributed by atoms with E-state index in [4.69, 9.17) is 0 Å². The summed E-state index contributed by atoms with van der Waals surface area (Å²) < 4.78 is 0. The summed E-state index contributed by atoms with van der Waals surface area (Å²) in [6.45, 7) is 6.72. The fourth-order valence-electron chi connectivity index (χ4n) is 3.64. The molecule has 18 heavy (non-hydrogen) atoms. The van der Waals surface area contributed by atoms with Crippen molar-refractivity contribution in [2.24, 2.45) is 17.8 Å². The molecular formula is C15H28N2O. The fraction of sp³-hybridized carbons (Fsp3) is 0.933. The molecule has 1 heterocycles. The third kappa shape index (κ3) is 3.47. The van der Waals surface area contributed by atoms with Crippen molar-refractivity contribution in [1.82, 2.24) is 10.6 Å². The molecule has 3 nitrogen and oxygen atoms in total. The predicted octanol–water partition coefficient (Wildman–Crippen LogP) is 2.32. The van der Waals surface area contributed by atoms with Crippen LogP contribution in [0, 0.1) is 17.8 Å². The van der Waals surface area contributed by atoms with Crippen LogP contribution in [0.2, 0.25) is 0 Å². The van der Waals surface area contributed by atoms with E-state index in [1.165, 1.54) is 19.3 Å². The zero-order valence-electron chi connectivity index (χ0n) is 11.9. The molecule has 0 aromatic heterocycles. The molecule has 1 saturated heterocycles. The molecule has 3 heteroatoms. The maximum absolute atomic E-state index is 12.1. The Morgan fingerprint density at radius 3 is 2.56 bits per heavy atom. The molecule has 0 aromatic carbocycles. The molecule has 0 aromatic rings. The van der Waals surface area contributed by atoms with E-state index in [-0.39, 0.29) is 5.91 Å². The molecule has 1 aliphatic carbocycles. The summed E-state index contributed by atoms with van der Waals surface area (Å²) in [5.74, 6) is 2.36. The highest BCUT2D eigenvalue weighted by atomic mass is 16.1. The van der Waals surface area contributed by atoms with Gasteiger partial charge in [0.2, 0.25) is 5.91 Å². The maximum Gasteiger partial charge on any atom is 0.220 e. The van der Waals surface area contributed by atoms with Crippen LogP contribution in [0.4, 0.5) is 0 Å². The van der Waals surface area contributed by atoms with Crippen LogP contribution in [-0.2, 0) is 4.79 Å². The average molecular weight is 252 g/mol. The van der Waals surface area contributed by atoms with Crippen LogP contribution in [0.1, 0.15) is 52.4 Å². The molecule has 0 radical (unpaired) electrons. The summed E-state index contributed by atoms with van der Waals surface area (Å²) in [6, 6.07) is 0.434. The van der Waals surface area contributed by atoms with E-state index >= 15 is 0 Å². The van der Waals surface area contributed by atoms with Gasteiger partial charge >= 0.3 is 0 Å². The highest BCUT2D eigenvalue weighted by molar-refractivity contribution is 5.76. The van der Waals surface area contributed by atoms with Crippen LogP contribution in [0.3, 0.4) is 0 Å². The van der Waals surface area contributed by atoms with Crippen molar-refractivity contribution in [2.45, 2.75) is 58.4 Å². The van der Waals surface area contributed by atoms with Crippen molar-refractivity contribution in [3.05, 3.63) is 0 Å². The maximum atomic E-state index is 12.1. The smallest absolute Gasteiger partial charge is 0.220 e. The summed E-state index contributed by atoms with van der Waals surface area (Å²) in [5, 5.41) is 6.63. The number of amides is 1. The molecular weight excluding hydrogens is 224 g/mol. The molecule has 1 aliphatic heterocycles. The molecule has 104 valence electrons. The van der Waals surface area contributed by atoms with Crippen LogP contribution in [0.25, 0.3) is 0 Å². The van der Waals surface area contributed by atoms with E-state index < -0.39 is 0 Å². The van der Waals surface area contributed by atoms with Crippen molar-refractivity contribution in [2.75, 3.05) is 13.1 Å². The second-order valence-electron chi connectivity index (χ2n) is 6.18. The molecule has 3 atom stereocenters. The largest absolute Gasteiger partial charge is 0.353 e. The Bertz CT molecular complexity index is 274. The van der Waals surface area contributed by atoms with Gasteiger partial charge in [-0.15, -0.1) is 0 Å². The van der Waals surface area contributed by atoms with Crippen LogP contribution < -0.4 is 10.6 Å². The summed E-state index contributed by atoms with van der Waals surface area (Å²) in [6.07, 6.45) is 6.77. The first-order valence-electron chi connectivity index (χ1n) is 7.70. The van der Waals surface area contributed by atoms with Gasteiger partial charge in [-0.05, 0) is 56.5 Å². The number of carbonyl (C=O) groups is 1. The zero-order valence-corrected chi connectivity index (χ0v) is 11.9. The lowest BCUT2D eigenvalue weighted by atomic mass is 9.92. The minimum atomic E-state index is 0.288. The van der Waals surface area contributed by atoms with Gasteiger partial charge in [-0.2, -0.15) is 0 Å². The van der Waals surface area contributed by atoms with Crippen LogP contribution >= 0.6 is 0 Å². The first-order valence-corrected chi connectivity index (χ1v) is 7.70.